The molecule has 20 heavy (non-hydrogen) atoms. The van der Waals surface area contributed by atoms with Crippen molar-refractivity contribution in [3.63, 3.8) is 0 Å². The molecule has 0 spiro atoms. The molecule has 1 amide bonds. The van der Waals surface area contributed by atoms with Crippen LogP contribution in [0.1, 0.15) is 10.4 Å². The van der Waals surface area contributed by atoms with Crippen LogP contribution in [-0.2, 0) is 0 Å². The average molecular weight is 310 g/mol. The number of nitrogens with one attached hydrogen (secondary N) is 2. The van der Waals surface area contributed by atoms with E-state index in [2.05, 4.69) is 15.6 Å². The van der Waals surface area contributed by atoms with Crippen LogP contribution in [0.3, 0.4) is 0 Å². The van der Waals surface area contributed by atoms with Gasteiger partial charge in [-0.1, -0.05) is 11.6 Å². The number of anilines is 1. The molecule has 2 aromatic rings. The van der Waals surface area contributed by atoms with Gasteiger partial charge in [0.2, 0.25) is 0 Å². The predicted molar refractivity (Wildman–Crippen MR) is 79.3 cm³/mol. The molecule has 0 radical (unpaired) electrons. The van der Waals surface area contributed by atoms with Crippen molar-refractivity contribution in [2.45, 2.75) is 0 Å². The normalized spacial score (nSPS) is 9.90. The van der Waals surface area contributed by atoms with Crippen LogP contribution in [0.4, 0.5) is 10.2 Å². The van der Waals surface area contributed by atoms with Gasteiger partial charge >= 0.3 is 0 Å². The molecule has 0 atom stereocenters. The summed E-state index contributed by atoms with van der Waals surface area (Å²) in [7, 11) is 0. The zero-order valence-corrected chi connectivity index (χ0v) is 11.6. The van der Waals surface area contributed by atoms with Crippen molar-refractivity contribution in [3.05, 3.63) is 59.0 Å². The van der Waals surface area contributed by atoms with Crippen LogP contribution in [0, 0.1) is 5.82 Å². The maximum Gasteiger partial charge on any atom is 0.257 e. The zero-order chi connectivity index (χ0) is 14.5. The first kappa shape index (κ1) is 14.4. The molecule has 102 valence electrons. The van der Waals surface area contributed by atoms with Crippen molar-refractivity contribution in [2.75, 3.05) is 5.32 Å². The molecular formula is C13H9ClFN3OS. The highest BCUT2D eigenvalue weighted by Crippen LogP contribution is 2.09. The summed E-state index contributed by atoms with van der Waals surface area (Å²) in [4.78, 5) is 15.6. The van der Waals surface area contributed by atoms with E-state index < -0.39 is 5.82 Å². The molecular weight excluding hydrogens is 301 g/mol. The van der Waals surface area contributed by atoms with Gasteiger partial charge in [-0.3, -0.25) is 10.1 Å². The number of thiocarbonyl (C=S) groups is 1. The smallest absolute Gasteiger partial charge is 0.257 e. The van der Waals surface area contributed by atoms with E-state index in [0.717, 1.165) is 6.20 Å². The van der Waals surface area contributed by atoms with E-state index in [-0.39, 0.29) is 11.0 Å². The van der Waals surface area contributed by atoms with Crippen molar-refractivity contribution < 1.29 is 9.18 Å². The summed E-state index contributed by atoms with van der Waals surface area (Å²) in [5.74, 6) is -0.485. The first-order valence-electron chi connectivity index (χ1n) is 5.54. The van der Waals surface area contributed by atoms with Gasteiger partial charge in [0.05, 0.1) is 6.20 Å². The Morgan fingerprint density at radius 3 is 2.50 bits per heavy atom. The molecule has 0 saturated heterocycles. The number of nitrogens with zero attached hydrogens (tertiary/aromatic N) is 1. The number of amides is 1. The summed E-state index contributed by atoms with van der Waals surface area (Å²) in [5.41, 5.74) is 0.422. The maximum atomic E-state index is 12.7. The second-order valence-corrected chi connectivity index (χ2v) is 4.62. The molecule has 2 rings (SSSR count). The fourth-order valence-corrected chi connectivity index (χ4v) is 1.70. The van der Waals surface area contributed by atoms with E-state index in [1.54, 1.807) is 24.3 Å². The molecule has 0 bridgehead atoms. The minimum atomic E-state index is -0.452. The van der Waals surface area contributed by atoms with Crippen LogP contribution in [-0.4, -0.2) is 16.0 Å². The van der Waals surface area contributed by atoms with Crippen LogP contribution in [0.5, 0.6) is 0 Å². The van der Waals surface area contributed by atoms with Gasteiger partial charge in [-0.2, -0.15) is 0 Å². The van der Waals surface area contributed by atoms with Crippen LogP contribution in [0.25, 0.3) is 0 Å². The Hall–Kier alpha value is -2.05. The molecule has 7 heteroatoms. The number of aromatic nitrogens is 1. The Kier molecular flexibility index (Phi) is 4.60. The van der Waals surface area contributed by atoms with Gasteiger partial charge in [-0.05, 0) is 48.6 Å². The molecule has 0 aliphatic rings. The first-order valence-corrected chi connectivity index (χ1v) is 6.32. The second-order valence-electron chi connectivity index (χ2n) is 3.78. The summed E-state index contributed by atoms with van der Waals surface area (Å²) in [6, 6.07) is 9.02. The van der Waals surface area contributed by atoms with E-state index in [1.807, 2.05) is 0 Å². The van der Waals surface area contributed by atoms with Crippen LogP contribution < -0.4 is 10.6 Å². The van der Waals surface area contributed by atoms with Gasteiger partial charge < -0.3 is 5.32 Å². The van der Waals surface area contributed by atoms with Gasteiger partial charge in [0.15, 0.2) is 5.11 Å². The van der Waals surface area contributed by atoms with Gasteiger partial charge in [-0.15, -0.1) is 0 Å². The van der Waals surface area contributed by atoms with E-state index in [4.69, 9.17) is 23.8 Å². The molecule has 1 aromatic carbocycles. The van der Waals surface area contributed by atoms with Gasteiger partial charge in [0.1, 0.15) is 11.6 Å². The summed E-state index contributed by atoms with van der Waals surface area (Å²) in [6.45, 7) is 0. The van der Waals surface area contributed by atoms with Crippen molar-refractivity contribution in [2.24, 2.45) is 0 Å². The van der Waals surface area contributed by atoms with Crippen LogP contribution in [0.15, 0.2) is 42.6 Å². The SMILES string of the molecule is O=C(NC(=S)Nc1ccc(F)cn1)c1ccc(Cl)cc1. The van der Waals surface area contributed by atoms with Gasteiger partial charge in [0.25, 0.3) is 5.91 Å². The molecule has 0 unspecified atom stereocenters. The standard InChI is InChI=1S/C13H9ClFN3OS/c14-9-3-1-8(2-4-9)12(19)18-13(20)17-11-6-5-10(15)7-16-11/h1-7H,(H2,16,17,18,19,20). The van der Waals surface area contributed by atoms with Crippen molar-refractivity contribution in [1.29, 1.82) is 0 Å². The van der Waals surface area contributed by atoms with Gasteiger partial charge in [0, 0.05) is 10.6 Å². The Bertz CT molecular complexity index is 631. The molecule has 0 aliphatic carbocycles. The molecule has 0 saturated carbocycles. The molecule has 0 fully saturated rings. The fourth-order valence-electron chi connectivity index (χ4n) is 1.37. The van der Waals surface area contributed by atoms with Crippen LogP contribution in [0.2, 0.25) is 5.02 Å². The lowest BCUT2D eigenvalue weighted by molar-refractivity contribution is 0.0978. The van der Waals surface area contributed by atoms with Crippen molar-refractivity contribution in [1.82, 2.24) is 10.3 Å². The number of hydrogen-bond acceptors (Lipinski definition) is 3. The topological polar surface area (TPSA) is 54.0 Å². The highest BCUT2D eigenvalue weighted by molar-refractivity contribution is 7.80. The number of hydrogen-bond donors (Lipinski definition) is 2. The summed E-state index contributed by atoms with van der Waals surface area (Å²) in [5, 5.41) is 5.77. The van der Waals surface area contributed by atoms with E-state index in [1.165, 1.54) is 12.1 Å². The lowest BCUT2D eigenvalue weighted by Gasteiger charge is -2.08. The van der Waals surface area contributed by atoms with Crippen molar-refractivity contribution >= 4 is 40.7 Å². The lowest BCUT2D eigenvalue weighted by atomic mass is 10.2. The highest BCUT2D eigenvalue weighted by Gasteiger charge is 2.08. The highest BCUT2D eigenvalue weighted by atomic mass is 35.5. The third kappa shape index (κ3) is 3.97. The summed E-state index contributed by atoms with van der Waals surface area (Å²) in [6.07, 6.45) is 1.05. The lowest BCUT2D eigenvalue weighted by Crippen LogP contribution is -2.34. The molecule has 1 heterocycles. The van der Waals surface area contributed by atoms with Crippen LogP contribution >= 0.6 is 23.8 Å². The number of pyridine rings is 1. The number of benzene rings is 1. The Morgan fingerprint density at radius 2 is 1.90 bits per heavy atom. The van der Waals surface area contributed by atoms with Gasteiger partial charge in [-0.25, -0.2) is 9.37 Å². The quantitative estimate of drug-likeness (QED) is 0.837. The third-order valence-corrected chi connectivity index (χ3v) is 2.76. The maximum absolute atomic E-state index is 12.7. The molecule has 0 aliphatic heterocycles. The third-order valence-electron chi connectivity index (χ3n) is 2.30. The predicted octanol–water partition coefficient (Wildman–Crippen LogP) is 3.00. The monoisotopic (exact) mass is 309 g/mol. The Labute approximate surface area is 125 Å². The van der Waals surface area contributed by atoms with E-state index in [9.17, 15) is 9.18 Å². The summed E-state index contributed by atoms with van der Waals surface area (Å²) < 4.78 is 12.7. The molecule has 2 N–H and O–H groups in total. The number of rotatable bonds is 2. The minimum absolute atomic E-state index is 0.0732. The molecule has 4 nitrogen and oxygen atoms in total. The number of halogens is 2. The Balaban J connectivity index is 1.95. The van der Waals surface area contributed by atoms with E-state index >= 15 is 0 Å². The average Bonchev–Trinajstić information content (AvgIpc) is 2.42. The zero-order valence-electron chi connectivity index (χ0n) is 10.1. The number of carbonyl (C=O) groups is 1. The molecule has 1 aromatic heterocycles. The van der Waals surface area contributed by atoms with Crippen molar-refractivity contribution in [3.8, 4) is 0 Å². The minimum Gasteiger partial charge on any atom is -0.317 e. The fraction of sp³-hybridized carbons (Fsp3) is 0. The summed E-state index contributed by atoms with van der Waals surface area (Å²) >= 11 is 10.7. The number of carbonyl (C=O) groups excluding carboxylic acids is 1. The second kappa shape index (κ2) is 6.40. The van der Waals surface area contributed by atoms with E-state index in [0.29, 0.717) is 16.4 Å². The largest absolute Gasteiger partial charge is 0.317 e. The first-order chi connectivity index (χ1) is 9.54. The Morgan fingerprint density at radius 1 is 1.20 bits per heavy atom.